The van der Waals surface area contributed by atoms with E-state index in [9.17, 15) is 8.42 Å². The molecule has 0 saturated heterocycles. The number of nitrogens with zero attached hydrogens (tertiary/aromatic N) is 2. The van der Waals surface area contributed by atoms with Gasteiger partial charge >= 0.3 is 0 Å². The Labute approximate surface area is 142 Å². The van der Waals surface area contributed by atoms with E-state index in [-0.39, 0.29) is 11.6 Å². The van der Waals surface area contributed by atoms with Crippen LogP contribution in [0.15, 0.2) is 30.3 Å². The van der Waals surface area contributed by atoms with Crippen LogP contribution in [-0.2, 0) is 10.0 Å². The highest BCUT2D eigenvalue weighted by atomic mass is 32.2. The van der Waals surface area contributed by atoms with Crippen LogP contribution in [0.25, 0.3) is 0 Å². The minimum absolute atomic E-state index is 0.0751. The van der Waals surface area contributed by atoms with Crippen LogP contribution in [0.2, 0.25) is 0 Å². The summed E-state index contributed by atoms with van der Waals surface area (Å²) >= 11 is 0. The van der Waals surface area contributed by atoms with Crippen molar-refractivity contribution in [2.45, 2.75) is 26.7 Å². The van der Waals surface area contributed by atoms with Gasteiger partial charge in [-0.3, -0.25) is 4.72 Å². The lowest BCUT2D eigenvalue weighted by atomic mass is 10.2. The summed E-state index contributed by atoms with van der Waals surface area (Å²) in [6.45, 7) is 3.92. The first-order valence-corrected chi connectivity index (χ1v) is 9.34. The fourth-order valence-corrected chi connectivity index (χ4v) is 3.25. The average Bonchev–Trinajstić information content (AvgIpc) is 2.55. The van der Waals surface area contributed by atoms with Crippen molar-refractivity contribution in [1.82, 2.24) is 10.2 Å². The molecule has 0 radical (unpaired) electrons. The van der Waals surface area contributed by atoms with Gasteiger partial charge in [-0.15, -0.1) is 10.2 Å². The highest BCUT2D eigenvalue weighted by Crippen LogP contribution is 2.27. The maximum atomic E-state index is 11.8. The molecule has 0 atom stereocenters. The SMILES string of the molecule is CCCCS(=O)(=O)Nc1ccc(Nc2cc(C)ccc2OC)nn1. The zero-order chi connectivity index (χ0) is 17.6. The van der Waals surface area contributed by atoms with Crippen molar-refractivity contribution in [3.05, 3.63) is 35.9 Å². The van der Waals surface area contributed by atoms with E-state index in [0.717, 1.165) is 17.7 Å². The lowest BCUT2D eigenvalue weighted by Gasteiger charge is -2.11. The van der Waals surface area contributed by atoms with Crippen molar-refractivity contribution in [3.63, 3.8) is 0 Å². The van der Waals surface area contributed by atoms with Gasteiger partial charge < -0.3 is 10.1 Å². The summed E-state index contributed by atoms with van der Waals surface area (Å²) < 4.78 is 31.4. The number of methoxy groups -OCH3 is 1. The molecule has 0 fully saturated rings. The number of hydrogen-bond acceptors (Lipinski definition) is 6. The molecule has 1 aromatic carbocycles. The molecule has 24 heavy (non-hydrogen) atoms. The van der Waals surface area contributed by atoms with E-state index in [1.165, 1.54) is 0 Å². The largest absolute Gasteiger partial charge is 0.495 e. The second-order valence-electron chi connectivity index (χ2n) is 5.41. The van der Waals surface area contributed by atoms with Gasteiger partial charge in [0.25, 0.3) is 0 Å². The highest BCUT2D eigenvalue weighted by molar-refractivity contribution is 7.92. The highest BCUT2D eigenvalue weighted by Gasteiger charge is 2.11. The fraction of sp³-hybridized carbons (Fsp3) is 0.375. The van der Waals surface area contributed by atoms with Gasteiger partial charge in [0, 0.05) is 0 Å². The molecule has 1 heterocycles. The third-order valence-corrected chi connectivity index (χ3v) is 4.66. The molecular weight excluding hydrogens is 328 g/mol. The van der Waals surface area contributed by atoms with Crippen molar-refractivity contribution in [2.24, 2.45) is 0 Å². The van der Waals surface area contributed by atoms with Gasteiger partial charge in [-0.1, -0.05) is 19.4 Å². The van der Waals surface area contributed by atoms with E-state index in [1.807, 2.05) is 32.0 Å². The van der Waals surface area contributed by atoms with Crippen LogP contribution < -0.4 is 14.8 Å². The molecule has 0 amide bonds. The van der Waals surface area contributed by atoms with Gasteiger partial charge in [-0.05, 0) is 43.2 Å². The number of ether oxygens (including phenoxy) is 1. The summed E-state index contributed by atoms with van der Waals surface area (Å²) in [6.07, 6.45) is 1.42. The molecule has 0 bridgehead atoms. The van der Waals surface area contributed by atoms with Gasteiger partial charge in [-0.2, -0.15) is 0 Å². The van der Waals surface area contributed by atoms with E-state index in [0.29, 0.717) is 18.0 Å². The minimum Gasteiger partial charge on any atom is -0.495 e. The Morgan fingerprint density at radius 1 is 1.12 bits per heavy atom. The smallest absolute Gasteiger partial charge is 0.233 e. The second kappa shape index (κ2) is 7.96. The number of benzene rings is 1. The quantitative estimate of drug-likeness (QED) is 0.760. The lowest BCUT2D eigenvalue weighted by Crippen LogP contribution is -2.17. The molecule has 2 rings (SSSR count). The molecule has 8 heteroatoms. The number of aromatic nitrogens is 2. The maximum Gasteiger partial charge on any atom is 0.233 e. The van der Waals surface area contributed by atoms with E-state index < -0.39 is 10.0 Å². The van der Waals surface area contributed by atoms with Gasteiger partial charge in [0.05, 0.1) is 18.6 Å². The Balaban J connectivity index is 2.09. The molecule has 2 N–H and O–H groups in total. The molecular formula is C16H22N4O3S. The Morgan fingerprint density at radius 2 is 1.83 bits per heavy atom. The molecule has 0 aliphatic carbocycles. The Kier molecular flexibility index (Phi) is 5.97. The maximum absolute atomic E-state index is 11.8. The zero-order valence-corrected chi connectivity index (χ0v) is 14.9. The van der Waals surface area contributed by atoms with Crippen LogP contribution in [-0.4, -0.2) is 31.5 Å². The number of aryl methyl sites for hydroxylation is 1. The first kappa shape index (κ1) is 18.0. The predicted molar refractivity (Wildman–Crippen MR) is 95.4 cm³/mol. The van der Waals surface area contributed by atoms with Crippen molar-refractivity contribution >= 4 is 27.3 Å². The third-order valence-electron chi connectivity index (χ3n) is 3.31. The van der Waals surface area contributed by atoms with Crippen LogP contribution in [0.3, 0.4) is 0 Å². The number of anilines is 3. The predicted octanol–water partition coefficient (Wildman–Crippen LogP) is 3.08. The summed E-state index contributed by atoms with van der Waals surface area (Å²) in [6, 6.07) is 8.97. The number of sulfonamides is 1. The molecule has 0 aliphatic rings. The fourth-order valence-electron chi connectivity index (χ4n) is 2.06. The second-order valence-corrected chi connectivity index (χ2v) is 7.25. The normalized spacial score (nSPS) is 11.1. The van der Waals surface area contributed by atoms with Gasteiger partial charge in [0.15, 0.2) is 11.6 Å². The first-order valence-electron chi connectivity index (χ1n) is 7.69. The summed E-state index contributed by atoms with van der Waals surface area (Å²) in [5.41, 5.74) is 1.84. The van der Waals surface area contributed by atoms with Crippen LogP contribution in [0.5, 0.6) is 5.75 Å². The molecule has 0 saturated carbocycles. The Hall–Kier alpha value is -2.35. The molecule has 130 valence electrons. The van der Waals surface area contributed by atoms with Crippen LogP contribution in [0, 0.1) is 6.92 Å². The average molecular weight is 350 g/mol. The van der Waals surface area contributed by atoms with E-state index in [2.05, 4.69) is 20.2 Å². The molecule has 0 aliphatic heterocycles. The van der Waals surface area contributed by atoms with E-state index >= 15 is 0 Å². The number of unbranched alkanes of at least 4 members (excludes halogenated alkanes) is 1. The van der Waals surface area contributed by atoms with Crippen molar-refractivity contribution in [3.8, 4) is 5.75 Å². The van der Waals surface area contributed by atoms with Crippen molar-refractivity contribution in [2.75, 3.05) is 22.9 Å². The summed E-state index contributed by atoms with van der Waals surface area (Å²) in [4.78, 5) is 0. The monoisotopic (exact) mass is 350 g/mol. The number of hydrogen-bond donors (Lipinski definition) is 2. The number of rotatable bonds is 8. The molecule has 7 nitrogen and oxygen atoms in total. The van der Waals surface area contributed by atoms with Crippen LogP contribution in [0.1, 0.15) is 25.3 Å². The minimum atomic E-state index is -3.38. The topological polar surface area (TPSA) is 93.2 Å². The molecule has 2 aromatic rings. The van der Waals surface area contributed by atoms with Gasteiger partial charge in [0.2, 0.25) is 10.0 Å². The standard InChI is InChI=1S/C16H22N4O3S/c1-4-5-10-24(21,22)20-16-9-8-15(18-19-16)17-13-11-12(2)6-7-14(13)23-3/h6-9,11H,4-5,10H2,1-3H3,(H,17,18)(H,19,20). The van der Waals surface area contributed by atoms with Gasteiger partial charge in [-0.25, -0.2) is 8.42 Å². The first-order chi connectivity index (χ1) is 11.4. The zero-order valence-electron chi connectivity index (χ0n) is 14.0. The van der Waals surface area contributed by atoms with E-state index in [1.54, 1.807) is 19.2 Å². The van der Waals surface area contributed by atoms with Crippen LogP contribution in [0.4, 0.5) is 17.3 Å². The van der Waals surface area contributed by atoms with Crippen molar-refractivity contribution < 1.29 is 13.2 Å². The summed E-state index contributed by atoms with van der Waals surface area (Å²) in [5.74, 6) is 1.46. The lowest BCUT2D eigenvalue weighted by molar-refractivity contribution is 0.416. The Bertz CT molecular complexity index is 776. The Morgan fingerprint density at radius 3 is 2.46 bits per heavy atom. The van der Waals surface area contributed by atoms with Crippen LogP contribution >= 0.6 is 0 Å². The number of nitrogens with one attached hydrogen (secondary N) is 2. The van der Waals surface area contributed by atoms with Gasteiger partial charge in [0.1, 0.15) is 5.75 Å². The molecule has 0 spiro atoms. The van der Waals surface area contributed by atoms with Crippen molar-refractivity contribution in [1.29, 1.82) is 0 Å². The third kappa shape index (κ3) is 5.09. The summed E-state index contributed by atoms with van der Waals surface area (Å²) in [7, 11) is -1.78. The summed E-state index contributed by atoms with van der Waals surface area (Å²) in [5, 5.41) is 11.0. The molecule has 1 aromatic heterocycles. The molecule has 0 unspecified atom stereocenters. The van der Waals surface area contributed by atoms with E-state index in [4.69, 9.17) is 4.74 Å².